The summed E-state index contributed by atoms with van der Waals surface area (Å²) in [5.74, 6) is -1.12. The fourth-order valence-electron chi connectivity index (χ4n) is 1.27. The molecule has 1 saturated heterocycles. The minimum atomic E-state index is -0.580. The van der Waals surface area contributed by atoms with Gasteiger partial charge in [-0.15, -0.1) is 0 Å². The number of carbonyl (C=O) groups excluding carboxylic acids is 3. The molecular formula is C8H12N2O3. The second-order valence-electron chi connectivity index (χ2n) is 3.01. The van der Waals surface area contributed by atoms with Gasteiger partial charge in [0.15, 0.2) is 0 Å². The molecule has 1 aliphatic heterocycles. The van der Waals surface area contributed by atoms with Crippen LogP contribution in [-0.4, -0.2) is 42.1 Å². The second-order valence-corrected chi connectivity index (χ2v) is 3.01. The van der Waals surface area contributed by atoms with Gasteiger partial charge >= 0.3 is 11.8 Å². The molecule has 1 aliphatic rings. The maximum Gasteiger partial charge on any atom is 0.312 e. The Kier molecular flexibility index (Phi) is 3.00. The predicted molar refractivity (Wildman–Crippen MR) is 44.9 cm³/mol. The van der Waals surface area contributed by atoms with Crippen molar-refractivity contribution in [2.75, 3.05) is 13.1 Å². The minimum absolute atomic E-state index is 0.0230. The van der Waals surface area contributed by atoms with E-state index < -0.39 is 11.8 Å². The monoisotopic (exact) mass is 184 g/mol. The summed E-state index contributed by atoms with van der Waals surface area (Å²) < 4.78 is 0. The number of nitrogens with zero attached hydrogens (tertiary/aromatic N) is 1. The van der Waals surface area contributed by atoms with Gasteiger partial charge in [0.25, 0.3) is 0 Å². The Labute approximate surface area is 76.1 Å². The van der Waals surface area contributed by atoms with Crippen LogP contribution in [0.3, 0.4) is 0 Å². The molecular weight excluding hydrogens is 172 g/mol. The maximum absolute atomic E-state index is 11.2. The highest BCUT2D eigenvalue weighted by molar-refractivity contribution is 6.35. The number of hydrogen-bond acceptors (Lipinski definition) is 3. The van der Waals surface area contributed by atoms with Gasteiger partial charge in [-0.25, -0.2) is 0 Å². The van der Waals surface area contributed by atoms with Crippen LogP contribution < -0.4 is 5.32 Å². The highest BCUT2D eigenvalue weighted by Crippen LogP contribution is 2.04. The van der Waals surface area contributed by atoms with Gasteiger partial charge in [-0.1, -0.05) is 0 Å². The van der Waals surface area contributed by atoms with E-state index in [2.05, 4.69) is 5.32 Å². The molecule has 1 unspecified atom stereocenters. The summed E-state index contributed by atoms with van der Waals surface area (Å²) in [4.78, 5) is 33.7. The molecule has 0 aromatic carbocycles. The van der Waals surface area contributed by atoms with Crippen molar-refractivity contribution < 1.29 is 14.4 Å². The number of rotatable bonds is 3. The lowest BCUT2D eigenvalue weighted by atomic mass is 10.2. The third-order valence-corrected chi connectivity index (χ3v) is 2.03. The SMILES string of the molecule is CC1CNC(=O)C(=O)N1CCC=O. The van der Waals surface area contributed by atoms with Gasteiger partial charge in [0, 0.05) is 25.6 Å². The Bertz CT molecular complexity index is 240. The number of piperazine rings is 1. The van der Waals surface area contributed by atoms with Crippen LogP contribution in [0.5, 0.6) is 0 Å². The van der Waals surface area contributed by atoms with Crippen molar-refractivity contribution in [1.29, 1.82) is 0 Å². The fourth-order valence-corrected chi connectivity index (χ4v) is 1.27. The lowest BCUT2D eigenvalue weighted by molar-refractivity contribution is -0.150. The summed E-state index contributed by atoms with van der Waals surface area (Å²) in [5, 5.41) is 2.47. The van der Waals surface area contributed by atoms with Gasteiger partial charge in [0.05, 0.1) is 0 Å². The first-order valence-corrected chi connectivity index (χ1v) is 4.19. The van der Waals surface area contributed by atoms with Crippen molar-refractivity contribution in [1.82, 2.24) is 10.2 Å². The molecule has 1 heterocycles. The molecule has 72 valence electrons. The van der Waals surface area contributed by atoms with Gasteiger partial charge in [-0.2, -0.15) is 0 Å². The molecule has 5 heteroatoms. The molecule has 2 amide bonds. The first-order valence-electron chi connectivity index (χ1n) is 4.19. The van der Waals surface area contributed by atoms with Crippen LogP contribution in [-0.2, 0) is 14.4 Å². The van der Waals surface area contributed by atoms with Crippen molar-refractivity contribution in [2.24, 2.45) is 0 Å². The fraction of sp³-hybridized carbons (Fsp3) is 0.625. The zero-order valence-corrected chi connectivity index (χ0v) is 7.45. The molecule has 0 saturated carbocycles. The zero-order chi connectivity index (χ0) is 9.84. The lowest BCUT2D eigenvalue weighted by Crippen LogP contribution is -2.57. The molecule has 5 nitrogen and oxygen atoms in total. The first kappa shape index (κ1) is 9.70. The summed E-state index contributed by atoms with van der Waals surface area (Å²) in [5.41, 5.74) is 0. The highest BCUT2D eigenvalue weighted by atomic mass is 16.2. The van der Waals surface area contributed by atoms with E-state index in [-0.39, 0.29) is 12.5 Å². The van der Waals surface area contributed by atoms with Gasteiger partial charge in [-0.05, 0) is 6.92 Å². The number of hydrogen-bond donors (Lipinski definition) is 1. The number of nitrogens with one attached hydrogen (secondary N) is 1. The predicted octanol–water partition coefficient (Wildman–Crippen LogP) is -1.08. The minimum Gasteiger partial charge on any atom is -0.346 e. The van der Waals surface area contributed by atoms with Gasteiger partial charge in [-0.3, -0.25) is 9.59 Å². The molecule has 0 spiro atoms. The number of carbonyl (C=O) groups is 3. The summed E-state index contributed by atoms with van der Waals surface area (Å²) >= 11 is 0. The summed E-state index contributed by atoms with van der Waals surface area (Å²) in [6.45, 7) is 2.63. The van der Waals surface area contributed by atoms with Crippen molar-refractivity contribution in [3.8, 4) is 0 Å². The second kappa shape index (κ2) is 4.02. The van der Waals surface area contributed by atoms with E-state index in [4.69, 9.17) is 0 Å². The van der Waals surface area contributed by atoms with Gasteiger partial charge in [0.1, 0.15) is 6.29 Å². The molecule has 1 fully saturated rings. The molecule has 0 radical (unpaired) electrons. The molecule has 0 aromatic heterocycles. The van der Waals surface area contributed by atoms with E-state index in [0.717, 1.165) is 6.29 Å². The highest BCUT2D eigenvalue weighted by Gasteiger charge is 2.30. The third-order valence-electron chi connectivity index (χ3n) is 2.03. The van der Waals surface area contributed by atoms with Gasteiger partial charge < -0.3 is 15.0 Å². The van der Waals surface area contributed by atoms with Crippen LogP contribution in [0.2, 0.25) is 0 Å². The molecule has 1 N–H and O–H groups in total. The molecule has 0 aromatic rings. The lowest BCUT2D eigenvalue weighted by Gasteiger charge is -2.32. The van der Waals surface area contributed by atoms with E-state index in [1.165, 1.54) is 4.90 Å². The first-order chi connectivity index (χ1) is 6.16. The Balaban J connectivity index is 2.60. The van der Waals surface area contributed by atoms with Crippen LogP contribution in [0.25, 0.3) is 0 Å². The zero-order valence-electron chi connectivity index (χ0n) is 7.45. The van der Waals surface area contributed by atoms with E-state index >= 15 is 0 Å². The number of amides is 2. The third kappa shape index (κ3) is 2.05. The molecule has 0 bridgehead atoms. The standard InChI is InChI=1S/C8H12N2O3/c1-6-5-9-7(12)8(13)10(6)3-2-4-11/h4,6H,2-3,5H2,1H3,(H,9,12). The average molecular weight is 184 g/mol. The van der Waals surface area contributed by atoms with E-state index in [1.54, 1.807) is 0 Å². The quantitative estimate of drug-likeness (QED) is 0.448. The Morgan fingerprint density at radius 2 is 2.31 bits per heavy atom. The van der Waals surface area contributed by atoms with E-state index in [0.29, 0.717) is 13.1 Å². The Morgan fingerprint density at radius 3 is 2.92 bits per heavy atom. The summed E-state index contributed by atoms with van der Waals surface area (Å²) in [6.07, 6.45) is 1.02. The Morgan fingerprint density at radius 1 is 1.62 bits per heavy atom. The molecule has 1 atom stereocenters. The van der Waals surface area contributed by atoms with E-state index in [1.807, 2.05) is 6.92 Å². The Hall–Kier alpha value is -1.39. The number of aldehydes is 1. The normalized spacial score (nSPS) is 22.8. The van der Waals surface area contributed by atoms with E-state index in [9.17, 15) is 14.4 Å². The summed E-state index contributed by atoms with van der Waals surface area (Å²) in [7, 11) is 0. The van der Waals surface area contributed by atoms with Crippen molar-refractivity contribution >= 4 is 18.1 Å². The summed E-state index contributed by atoms with van der Waals surface area (Å²) in [6, 6.07) is -0.0230. The molecule has 1 rings (SSSR count). The van der Waals surface area contributed by atoms with Crippen LogP contribution in [0.1, 0.15) is 13.3 Å². The van der Waals surface area contributed by atoms with Crippen molar-refractivity contribution in [3.63, 3.8) is 0 Å². The van der Waals surface area contributed by atoms with Gasteiger partial charge in [0.2, 0.25) is 0 Å². The van der Waals surface area contributed by atoms with Crippen LogP contribution in [0, 0.1) is 0 Å². The average Bonchev–Trinajstić information content (AvgIpc) is 2.12. The van der Waals surface area contributed by atoms with Crippen LogP contribution >= 0.6 is 0 Å². The van der Waals surface area contributed by atoms with Crippen molar-refractivity contribution in [3.05, 3.63) is 0 Å². The molecule has 13 heavy (non-hydrogen) atoms. The van der Waals surface area contributed by atoms with Crippen molar-refractivity contribution in [2.45, 2.75) is 19.4 Å². The largest absolute Gasteiger partial charge is 0.346 e. The smallest absolute Gasteiger partial charge is 0.312 e. The topological polar surface area (TPSA) is 66.5 Å². The molecule has 0 aliphatic carbocycles. The maximum atomic E-state index is 11.2. The van der Waals surface area contributed by atoms with Crippen LogP contribution in [0.15, 0.2) is 0 Å². The van der Waals surface area contributed by atoms with Crippen LogP contribution in [0.4, 0.5) is 0 Å².